The molecule has 8 heteroatoms. The minimum atomic E-state index is -1.55. The van der Waals surface area contributed by atoms with E-state index in [2.05, 4.69) is 28.2 Å². The van der Waals surface area contributed by atoms with Gasteiger partial charge in [-0.25, -0.2) is 0 Å². The van der Waals surface area contributed by atoms with E-state index in [4.69, 9.17) is 0 Å². The summed E-state index contributed by atoms with van der Waals surface area (Å²) >= 11 is 0. The lowest BCUT2D eigenvalue weighted by Gasteiger charge is -2.39. The van der Waals surface area contributed by atoms with Crippen LogP contribution >= 0.6 is 0 Å². The molecule has 2 aromatic rings. The highest BCUT2D eigenvalue weighted by Gasteiger charge is 2.33. The summed E-state index contributed by atoms with van der Waals surface area (Å²) in [5.41, 5.74) is 1.69. The second-order valence-electron chi connectivity index (χ2n) is 13.0. The Morgan fingerprint density at radius 2 is 0.864 bits per heavy atom. The molecule has 0 aromatic heterocycles. The molecular weight excluding hydrogens is 556 g/mol. The second kappa shape index (κ2) is 18.2. The fraction of sp³-hybridized carbons (Fsp3) is 0.500. The second-order valence-corrected chi connectivity index (χ2v) is 13.0. The van der Waals surface area contributed by atoms with Gasteiger partial charge >= 0.3 is 0 Å². The van der Waals surface area contributed by atoms with Crippen molar-refractivity contribution in [2.45, 2.75) is 76.3 Å². The molecule has 0 saturated heterocycles. The van der Waals surface area contributed by atoms with Crippen molar-refractivity contribution in [1.82, 2.24) is 0 Å². The number of carbonyl (C=O) groups excluding carboxylic acids is 4. The van der Waals surface area contributed by atoms with E-state index < -0.39 is 11.9 Å². The third-order valence-electron chi connectivity index (χ3n) is 8.78. The molecule has 2 aliphatic rings. The van der Waals surface area contributed by atoms with E-state index in [-0.39, 0.29) is 11.6 Å². The van der Waals surface area contributed by atoms with Gasteiger partial charge in [0.1, 0.15) is 13.1 Å². The highest BCUT2D eigenvalue weighted by atomic mass is 16.4. The Balaban J connectivity index is 0.000000248. The average molecular weight is 607 g/mol. The van der Waals surface area contributed by atoms with Crippen molar-refractivity contribution in [3.05, 3.63) is 83.9 Å². The fourth-order valence-electron chi connectivity index (χ4n) is 6.13. The van der Waals surface area contributed by atoms with E-state index >= 15 is 0 Å². The molecule has 0 N–H and O–H groups in total. The van der Waals surface area contributed by atoms with Crippen LogP contribution in [0.25, 0.3) is 0 Å². The van der Waals surface area contributed by atoms with Crippen molar-refractivity contribution in [3.63, 3.8) is 0 Å². The number of carbonyl (C=O) groups is 4. The predicted molar refractivity (Wildman–Crippen MR) is 168 cm³/mol. The molecule has 2 fully saturated rings. The smallest absolute Gasteiger partial charge is 0.216 e. The average Bonchev–Trinajstić information content (AvgIpc) is 3.02. The number of likely N-dealkylation sites (N-methyl/N-ethyl adjacent to an activating group) is 2. The number of aliphatic carboxylic acids is 2. The number of benzene rings is 2. The van der Waals surface area contributed by atoms with Crippen molar-refractivity contribution in [2.24, 2.45) is 0 Å². The van der Waals surface area contributed by atoms with Gasteiger partial charge in [-0.05, 0) is 63.5 Å². The molecule has 4 rings (SSSR count). The van der Waals surface area contributed by atoms with Gasteiger partial charge in [0.25, 0.3) is 0 Å². The number of carboxylic acids is 2. The standard InChI is InChI=1S/2C16H24NO.C4H4O4/c2*1-17(2,15-11-7-4-8-12-15)13-16(18)14-9-5-3-6-10-14;5-3(6)1-2-4(7)8/h2*3,5-6,9-10,15H,4,7-8,11-13H2,1-2H3;1-2H,(H,5,6)(H,7,8)/q2*+1;/p-2/b;;2-1-. The molecule has 0 amide bonds. The Morgan fingerprint density at radius 1 is 0.568 bits per heavy atom. The van der Waals surface area contributed by atoms with E-state index in [9.17, 15) is 29.4 Å². The predicted octanol–water partition coefficient (Wildman–Crippen LogP) is 3.60. The van der Waals surface area contributed by atoms with Crippen LogP contribution in [0.4, 0.5) is 0 Å². The Kier molecular flexibility index (Phi) is 15.2. The van der Waals surface area contributed by atoms with Crippen molar-refractivity contribution in [3.8, 4) is 0 Å². The third kappa shape index (κ3) is 13.3. The first-order valence-corrected chi connectivity index (χ1v) is 15.7. The van der Waals surface area contributed by atoms with Crippen LogP contribution in [-0.4, -0.2) is 85.8 Å². The molecule has 0 spiro atoms. The quantitative estimate of drug-likeness (QED) is 0.232. The minimum absolute atomic E-state index is 0.270. The van der Waals surface area contributed by atoms with Crippen LogP contribution in [-0.2, 0) is 9.59 Å². The number of carboxylic acid groups (broad SMARTS) is 2. The zero-order valence-electron chi connectivity index (χ0n) is 26.9. The largest absolute Gasteiger partial charge is 0.545 e. The van der Waals surface area contributed by atoms with Crippen LogP contribution in [0.2, 0.25) is 0 Å². The first kappa shape index (κ1) is 36.6. The monoisotopic (exact) mass is 606 g/mol. The Morgan fingerprint density at radius 3 is 1.14 bits per heavy atom. The molecule has 0 bridgehead atoms. The summed E-state index contributed by atoms with van der Waals surface area (Å²) in [5, 5.41) is 18.8. The van der Waals surface area contributed by atoms with Crippen molar-refractivity contribution < 1.29 is 38.4 Å². The number of ketones is 2. The Hall–Kier alpha value is -3.62. The molecule has 2 aliphatic carbocycles. The van der Waals surface area contributed by atoms with Crippen molar-refractivity contribution in [1.29, 1.82) is 0 Å². The lowest BCUT2D eigenvalue weighted by atomic mass is 9.92. The number of rotatable bonds is 10. The highest BCUT2D eigenvalue weighted by Crippen LogP contribution is 2.27. The number of nitrogens with zero attached hydrogens (tertiary/aromatic N) is 2. The number of hydrogen-bond acceptors (Lipinski definition) is 6. The zero-order chi connectivity index (χ0) is 32.6. The first-order valence-electron chi connectivity index (χ1n) is 15.7. The maximum absolute atomic E-state index is 12.3. The van der Waals surface area contributed by atoms with Crippen LogP contribution in [0.5, 0.6) is 0 Å². The molecule has 2 aromatic carbocycles. The molecular formula is C36H50N2O6. The third-order valence-corrected chi connectivity index (χ3v) is 8.78. The topological polar surface area (TPSA) is 114 Å². The van der Waals surface area contributed by atoms with Crippen LogP contribution in [0.3, 0.4) is 0 Å². The number of hydrogen-bond donors (Lipinski definition) is 0. The lowest BCUT2D eigenvalue weighted by Crippen LogP contribution is -2.52. The summed E-state index contributed by atoms with van der Waals surface area (Å²) in [5.74, 6) is -2.55. The molecule has 44 heavy (non-hydrogen) atoms. The van der Waals surface area contributed by atoms with Gasteiger partial charge < -0.3 is 28.8 Å². The normalized spacial score (nSPS) is 16.2. The maximum atomic E-state index is 12.3. The van der Waals surface area contributed by atoms with Gasteiger partial charge in [0.2, 0.25) is 11.6 Å². The molecule has 0 unspecified atom stereocenters. The van der Waals surface area contributed by atoms with E-state index in [0.29, 0.717) is 37.3 Å². The van der Waals surface area contributed by atoms with E-state index in [1.807, 2.05) is 60.7 Å². The minimum Gasteiger partial charge on any atom is -0.545 e. The van der Waals surface area contributed by atoms with Gasteiger partial charge in [-0.1, -0.05) is 73.5 Å². The van der Waals surface area contributed by atoms with Crippen molar-refractivity contribution >= 4 is 23.5 Å². The Bertz CT molecular complexity index is 1120. The van der Waals surface area contributed by atoms with Crippen LogP contribution in [0, 0.1) is 0 Å². The van der Waals surface area contributed by atoms with Crippen LogP contribution < -0.4 is 10.2 Å². The van der Waals surface area contributed by atoms with Gasteiger partial charge in [0, 0.05) is 11.1 Å². The molecule has 8 nitrogen and oxygen atoms in total. The summed E-state index contributed by atoms with van der Waals surface area (Å²) in [4.78, 5) is 43.4. The number of Topliss-reactive ketones (excluding diaryl/α,β-unsaturated/α-hetero) is 2. The van der Waals surface area contributed by atoms with Gasteiger partial charge in [-0.3, -0.25) is 9.59 Å². The summed E-state index contributed by atoms with van der Waals surface area (Å²) in [6.07, 6.45) is 13.9. The molecule has 0 aliphatic heterocycles. The van der Waals surface area contributed by atoms with Gasteiger partial charge in [-0.2, -0.15) is 0 Å². The van der Waals surface area contributed by atoms with Gasteiger partial charge in [-0.15, -0.1) is 0 Å². The zero-order valence-corrected chi connectivity index (χ0v) is 26.9. The molecule has 0 radical (unpaired) electrons. The van der Waals surface area contributed by atoms with E-state index in [0.717, 1.165) is 20.1 Å². The highest BCUT2D eigenvalue weighted by molar-refractivity contribution is 5.97. The maximum Gasteiger partial charge on any atom is 0.216 e. The van der Waals surface area contributed by atoms with Gasteiger partial charge in [0.05, 0.1) is 52.2 Å². The Labute approximate surface area is 263 Å². The number of quaternary nitrogens is 2. The fourth-order valence-corrected chi connectivity index (χ4v) is 6.13. The van der Waals surface area contributed by atoms with Crippen molar-refractivity contribution in [2.75, 3.05) is 41.3 Å². The molecule has 240 valence electrons. The molecule has 0 atom stereocenters. The summed E-state index contributed by atoms with van der Waals surface area (Å²) in [6.45, 7) is 1.24. The lowest BCUT2D eigenvalue weighted by molar-refractivity contribution is -0.908. The van der Waals surface area contributed by atoms with E-state index in [1.54, 1.807) is 0 Å². The van der Waals surface area contributed by atoms with Crippen LogP contribution in [0.15, 0.2) is 72.8 Å². The van der Waals surface area contributed by atoms with E-state index in [1.165, 1.54) is 64.2 Å². The first-order chi connectivity index (χ1) is 20.8. The summed E-state index contributed by atoms with van der Waals surface area (Å²) in [7, 11) is 8.82. The molecule has 2 saturated carbocycles. The summed E-state index contributed by atoms with van der Waals surface area (Å²) < 4.78 is 1.68. The van der Waals surface area contributed by atoms with Crippen LogP contribution in [0.1, 0.15) is 84.9 Å². The SMILES string of the molecule is C[N+](C)(CC(=O)c1ccccc1)C1CCCCC1.C[N+](C)(CC(=O)c1ccccc1)C1CCCCC1.O=C([O-])/C=C\C(=O)[O-]. The van der Waals surface area contributed by atoms with Gasteiger partial charge in [0.15, 0.2) is 0 Å². The molecule has 0 heterocycles. The summed E-state index contributed by atoms with van der Waals surface area (Å²) in [6, 6.07) is 20.7.